The molecule has 0 saturated carbocycles. The Morgan fingerprint density at radius 3 is 1.76 bits per heavy atom. The molecule has 5 rings (SSSR count). The van der Waals surface area contributed by atoms with Gasteiger partial charge < -0.3 is 19.9 Å². The normalized spacial score (nSPS) is 13.8. The highest BCUT2D eigenvalue weighted by Crippen LogP contribution is 2.44. The zero-order valence-electron chi connectivity index (χ0n) is 21.0. The number of aliphatic hydroxyl groups is 1. The minimum atomic E-state index is -1.70. The van der Waals surface area contributed by atoms with Gasteiger partial charge in [-0.25, -0.2) is 9.59 Å². The summed E-state index contributed by atoms with van der Waals surface area (Å²) in [6.07, 6.45) is -1.52. The van der Waals surface area contributed by atoms with Crippen LogP contribution in [0.15, 0.2) is 109 Å². The van der Waals surface area contributed by atoms with Crippen molar-refractivity contribution >= 4 is 12.1 Å². The molecule has 0 aliphatic heterocycles. The number of hydrogen-bond donors (Lipinski definition) is 2. The first kappa shape index (κ1) is 25.2. The predicted octanol–water partition coefficient (Wildman–Crippen LogP) is 5.61. The maximum absolute atomic E-state index is 13.3. The highest BCUT2D eigenvalue weighted by molar-refractivity contribution is 5.86. The van der Waals surface area contributed by atoms with E-state index >= 15 is 0 Å². The van der Waals surface area contributed by atoms with Gasteiger partial charge in [-0.05, 0) is 40.3 Å². The van der Waals surface area contributed by atoms with Gasteiger partial charge in [0.15, 0.2) is 11.6 Å². The molecule has 1 aliphatic carbocycles. The van der Waals surface area contributed by atoms with E-state index in [-0.39, 0.29) is 12.5 Å². The van der Waals surface area contributed by atoms with Gasteiger partial charge in [-0.1, -0.05) is 109 Å². The fourth-order valence-corrected chi connectivity index (χ4v) is 4.84. The molecule has 1 unspecified atom stereocenters. The van der Waals surface area contributed by atoms with Crippen LogP contribution < -0.4 is 5.32 Å². The minimum absolute atomic E-state index is 0.0903. The average molecular weight is 508 g/mol. The second-order valence-corrected chi connectivity index (χ2v) is 9.55. The molecule has 6 nitrogen and oxygen atoms in total. The lowest BCUT2D eigenvalue weighted by Crippen LogP contribution is -2.56. The van der Waals surface area contributed by atoms with Crippen LogP contribution in [0.1, 0.15) is 41.2 Å². The summed E-state index contributed by atoms with van der Waals surface area (Å²) in [7, 11) is 0. The number of nitrogens with one attached hydrogen (secondary N) is 1. The quantitative estimate of drug-likeness (QED) is 0.303. The number of carbonyl (C=O) groups excluding carboxylic acids is 2. The molecule has 1 atom stereocenters. The summed E-state index contributed by atoms with van der Waals surface area (Å²) in [4.78, 5) is 26.2. The molecule has 6 heteroatoms. The Balaban J connectivity index is 1.29. The third-order valence-corrected chi connectivity index (χ3v) is 6.92. The highest BCUT2D eigenvalue weighted by Gasteiger charge is 2.39. The van der Waals surface area contributed by atoms with E-state index in [9.17, 15) is 14.7 Å². The maximum Gasteiger partial charge on any atom is 0.408 e. The van der Waals surface area contributed by atoms with Crippen molar-refractivity contribution in [2.45, 2.75) is 24.5 Å². The highest BCUT2D eigenvalue weighted by atomic mass is 16.6. The Morgan fingerprint density at radius 1 is 0.789 bits per heavy atom. The largest absolute Gasteiger partial charge is 0.451 e. The smallest absolute Gasteiger partial charge is 0.408 e. The van der Waals surface area contributed by atoms with Crippen LogP contribution in [-0.4, -0.2) is 35.9 Å². The number of benzene rings is 4. The molecule has 192 valence electrons. The minimum Gasteiger partial charge on any atom is -0.451 e. The molecular weight excluding hydrogens is 478 g/mol. The van der Waals surface area contributed by atoms with Crippen molar-refractivity contribution in [1.82, 2.24) is 5.32 Å². The van der Waals surface area contributed by atoms with Gasteiger partial charge in [0, 0.05) is 5.92 Å². The molecule has 0 bridgehead atoms. The van der Waals surface area contributed by atoms with Gasteiger partial charge in [-0.3, -0.25) is 0 Å². The van der Waals surface area contributed by atoms with E-state index in [0.29, 0.717) is 0 Å². The lowest BCUT2D eigenvalue weighted by Gasteiger charge is -2.29. The van der Waals surface area contributed by atoms with E-state index in [1.54, 1.807) is 0 Å². The molecular formula is C32H29NO5. The number of ether oxygens (including phenoxy) is 2. The Morgan fingerprint density at radius 2 is 1.26 bits per heavy atom. The van der Waals surface area contributed by atoms with Gasteiger partial charge in [0.2, 0.25) is 0 Å². The van der Waals surface area contributed by atoms with E-state index in [1.165, 1.54) is 6.92 Å². The summed E-state index contributed by atoms with van der Waals surface area (Å²) in [5.74, 6) is -0.896. The predicted molar refractivity (Wildman–Crippen MR) is 145 cm³/mol. The summed E-state index contributed by atoms with van der Waals surface area (Å²) in [6, 6.07) is 34.7. The van der Waals surface area contributed by atoms with Crippen molar-refractivity contribution in [1.29, 1.82) is 0 Å². The monoisotopic (exact) mass is 507 g/mol. The lowest BCUT2D eigenvalue weighted by atomic mass is 9.98. The standard InChI is InChI=1S/C32H29NO5/c1-32(21-34,30(35)38-29(22-12-4-2-5-13-22)23-14-6-3-7-15-23)33-31(36)37-20-28-26-18-10-8-16-24(26)25-17-9-11-19-27(25)28/h2-19,28-29,34H,20-21H2,1H3,(H,33,36). The summed E-state index contributed by atoms with van der Waals surface area (Å²) < 4.78 is 11.5. The van der Waals surface area contributed by atoms with E-state index in [0.717, 1.165) is 33.4 Å². The summed E-state index contributed by atoms with van der Waals surface area (Å²) in [6.45, 7) is 0.850. The molecule has 0 fully saturated rings. The molecule has 0 spiro atoms. The fourth-order valence-electron chi connectivity index (χ4n) is 4.84. The molecule has 38 heavy (non-hydrogen) atoms. The second kappa shape index (κ2) is 10.9. The van der Waals surface area contributed by atoms with E-state index < -0.39 is 30.3 Å². The fraction of sp³-hybridized carbons (Fsp3) is 0.188. The van der Waals surface area contributed by atoms with Crippen molar-refractivity contribution in [3.63, 3.8) is 0 Å². The molecule has 4 aromatic rings. The van der Waals surface area contributed by atoms with Gasteiger partial charge in [0.1, 0.15) is 6.61 Å². The Bertz CT molecular complexity index is 1340. The third-order valence-electron chi connectivity index (χ3n) is 6.92. The number of alkyl carbamates (subject to hydrolysis) is 1. The van der Waals surface area contributed by atoms with E-state index in [2.05, 4.69) is 17.4 Å². The number of carbonyl (C=O) groups is 2. The number of amides is 1. The van der Waals surface area contributed by atoms with Crippen molar-refractivity contribution in [2.24, 2.45) is 0 Å². The molecule has 0 heterocycles. The van der Waals surface area contributed by atoms with Gasteiger partial charge >= 0.3 is 12.1 Å². The molecule has 1 amide bonds. The van der Waals surface area contributed by atoms with Gasteiger partial charge in [0.05, 0.1) is 6.61 Å². The number of aliphatic hydroxyl groups excluding tert-OH is 1. The van der Waals surface area contributed by atoms with Crippen molar-refractivity contribution in [3.05, 3.63) is 131 Å². The number of hydrogen-bond acceptors (Lipinski definition) is 5. The van der Waals surface area contributed by atoms with Crippen LogP contribution >= 0.6 is 0 Å². The van der Waals surface area contributed by atoms with Crippen molar-refractivity contribution in [3.8, 4) is 11.1 Å². The van der Waals surface area contributed by atoms with Gasteiger partial charge in [-0.2, -0.15) is 0 Å². The van der Waals surface area contributed by atoms with Gasteiger partial charge in [0.25, 0.3) is 0 Å². The van der Waals surface area contributed by atoms with Crippen LogP contribution in [0.4, 0.5) is 4.79 Å². The van der Waals surface area contributed by atoms with Gasteiger partial charge in [-0.15, -0.1) is 0 Å². The van der Waals surface area contributed by atoms with Crippen LogP contribution in [0.3, 0.4) is 0 Å². The van der Waals surface area contributed by atoms with Crippen LogP contribution in [-0.2, 0) is 14.3 Å². The summed E-state index contributed by atoms with van der Waals surface area (Å²) >= 11 is 0. The van der Waals surface area contributed by atoms with Crippen LogP contribution in [0.25, 0.3) is 11.1 Å². The summed E-state index contributed by atoms with van der Waals surface area (Å²) in [5.41, 5.74) is 4.24. The Hall–Kier alpha value is -4.42. The van der Waals surface area contributed by atoms with E-state index in [1.807, 2.05) is 97.1 Å². The van der Waals surface area contributed by atoms with Crippen LogP contribution in [0.5, 0.6) is 0 Å². The molecule has 0 saturated heterocycles. The zero-order valence-corrected chi connectivity index (χ0v) is 21.0. The van der Waals surface area contributed by atoms with Crippen LogP contribution in [0.2, 0.25) is 0 Å². The first-order valence-electron chi connectivity index (χ1n) is 12.5. The molecule has 0 radical (unpaired) electrons. The summed E-state index contributed by atoms with van der Waals surface area (Å²) in [5, 5.41) is 12.7. The molecule has 1 aliphatic rings. The van der Waals surface area contributed by atoms with Crippen molar-refractivity contribution in [2.75, 3.05) is 13.2 Å². The Kier molecular flexibility index (Phi) is 7.24. The average Bonchev–Trinajstić information content (AvgIpc) is 3.29. The molecule has 4 aromatic carbocycles. The van der Waals surface area contributed by atoms with Crippen LogP contribution in [0, 0.1) is 0 Å². The van der Waals surface area contributed by atoms with Crippen molar-refractivity contribution < 1.29 is 24.2 Å². The lowest BCUT2D eigenvalue weighted by molar-refractivity contribution is -0.156. The SMILES string of the molecule is CC(CO)(NC(=O)OCC1c2ccccc2-c2ccccc21)C(=O)OC(c1ccccc1)c1ccccc1. The maximum atomic E-state index is 13.3. The van der Waals surface area contributed by atoms with E-state index in [4.69, 9.17) is 9.47 Å². The topological polar surface area (TPSA) is 84.9 Å². The number of fused-ring (bicyclic) bond motifs is 3. The first-order chi connectivity index (χ1) is 18.5. The third kappa shape index (κ3) is 5.04. The number of rotatable bonds is 8. The first-order valence-corrected chi connectivity index (χ1v) is 12.5. The second-order valence-electron chi connectivity index (χ2n) is 9.55. The Labute approximate surface area is 221 Å². The molecule has 2 N–H and O–H groups in total. The number of esters is 1. The zero-order chi connectivity index (χ0) is 26.5. The molecule has 0 aromatic heterocycles.